The number of carbonyl (C=O) groups excluding carboxylic acids is 1. The molecule has 6 aromatic rings. The maximum Gasteiger partial charge on any atom is 0.271 e. The summed E-state index contributed by atoms with van der Waals surface area (Å²) in [5, 5.41) is 5.13. The number of nitrogens with zero attached hydrogens (tertiary/aromatic N) is 2. The number of methoxy groups -OCH3 is 1. The lowest BCUT2D eigenvalue weighted by Gasteiger charge is -2.15. The maximum atomic E-state index is 13.1. The van der Waals surface area contributed by atoms with Crippen molar-refractivity contribution < 1.29 is 14.3 Å². The van der Waals surface area contributed by atoms with Crippen molar-refractivity contribution in [3.63, 3.8) is 0 Å². The lowest BCUT2D eigenvalue weighted by molar-refractivity contribution is 0.0955. The Morgan fingerprint density at radius 3 is 2.00 bits per heavy atom. The summed E-state index contributed by atoms with van der Waals surface area (Å²) in [5.41, 5.74) is 9.81. The zero-order valence-corrected chi connectivity index (χ0v) is 30.1. The molecule has 1 N–H and O–H groups in total. The first-order valence-electron chi connectivity index (χ1n) is 14.7. The molecule has 1 aromatic heterocycles. The lowest BCUT2D eigenvalue weighted by atomic mass is 10.1. The topological polar surface area (TPSA) is 64.8 Å². The molecule has 0 aliphatic carbocycles. The summed E-state index contributed by atoms with van der Waals surface area (Å²) < 4.78 is 15.1. The molecule has 1 heterocycles. The predicted molar refractivity (Wildman–Crippen MR) is 201 cm³/mol. The van der Waals surface area contributed by atoms with Gasteiger partial charge in [-0.05, 0) is 103 Å². The number of hydrazone groups is 1. The van der Waals surface area contributed by atoms with Crippen molar-refractivity contribution >= 4 is 67.2 Å². The number of benzene rings is 5. The molecule has 1 amide bonds. The minimum Gasteiger partial charge on any atom is -0.493 e. The van der Waals surface area contributed by atoms with Crippen molar-refractivity contribution in [2.45, 2.75) is 6.61 Å². The SMILES string of the molecule is COc1cc(/C=N\NC(=O)c2ccc(-n3c(-c4ccccc4)ccc3-c3ccccc3)cc2)c(Br)c(Br)c1OCc1ccc(Cl)c(Cl)c1. The van der Waals surface area contributed by atoms with Crippen LogP contribution in [0.15, 0.2) is 135 Å². The van der Waals surface area contributed by atoms with E-state index in [1.165, 1.54) is 6.21 Å². The van der Waals surface area contributed by atoms with Crippen LogP contribution in [0, 0.1) is 0 Å². The summed E-state index contributed by atoms with van der Waals surface area (Å²) in [4.78, 5) is 13.1. The summed E-state index contributed by atoms with van der Waals surface area (Å²) in [6.07, 6.45) is 1.53. The molecule has 0 aliphatic heterocycles. The Labute approximate surface area is 305 Å². The van der Waals surface area contributed by atoms with E-state index in [1.807, 2.05) is 54.6 Å². The molecule has 0 spiro atoms. The highest BCUT2D eigenvalue weighted by molar-refractivity contribution is 9.13. The van der Waals surface area contributed by atoms with Crippen molar-refractivity contribution in [1.29, 1.82) is 0 Å². The number of hydrogen-bond donors (Lipinski definition) is 1. The van der Waals surface area contributed by atoms with Crippen LogP contribution in [0.2, 0.25) is 10.0 Å². The smallest absolute Gasteiger partial charge is 0.271 e. The molecule has 10 heteroatoms. The Morgan fingerprint density at radius 2 is 1.42 bits per heavy atom. The van der Waals surface area contributed by atoms with Gasteiger partial charge in [0.05, 0.1) is 39.2 Å². The molecule has 240 valence electrons. The molecule has 0 unspecified atom stereocenters. The zero-order chi connectivity index (χ0) is 33.6. The fourth-order valence-electron chi connectivity index (χ4n) is 5.14. The lowest BCUT2D eigenvalue weighted by Crippen LogP contribution is -2.17. The van der Waals surface area contributed by atoms with Crippen LogP contribution in [-0.4, -0.2) is 23.8 Å². The van der Waals surface area contributed by atoms with Gasteiger partial charge in [-0.2, -0.15) is 5.10 Å². The third-order valence-corrected chi connectivity index (χ3v) is 10.4. The molecular formula is C38H27Br2Cl2N3O3. The number of carbonyl (C=O) groups is 1. The van der Waals surface area contributed by atoms with Crippen molar-refractivity contribution in [2.24, 2.45) is 5.10 Å². The number of amides is 1. The van der Waals surface area contributed by atoms with Gasteiger partial charge in [0, 0.05) is 21.3 Å². The fraction of sp³-hybridized carbons (Fsp3) is 0.0526. The summed E-state index contributed by atoms with van der Waals surface area (Å²) in [6.45, 7) is 0.242. The normalized spacial score (nSPS) is 11.1. The van der Waals surface area contributed by atoms with Gasteiger partial charge in [-0.15, -0.1) is 0 Å². The predicted octanol–water partition coefficient (Wildman–Crippen LogP) is 11.0. The van der Waals surface area contributed by atoms with Crippen LogP contribution in [0.25, 0.3) is 28.2 Å². The third kappa shape index (κ3) is 7.37. The van der Waals surface area contributed by atoms with E-state index >= 15 is 0 Å². The highest BCUT2D eigenvalue weighted by atomic mass is 79.9. The van der Waals surface area contributed by atoms with Crippen molar-refractivity contribution in [3.8, 4) is 39.7 Å². The van der Waals surface area contributed by atoms with Crippen LogP contribution in [0.1, 0.15) is 21.5 Å². The third-order valence-electron chi connectivity index (χ3n) is 7.52. The molecular weight excluding hydrogens is 777 g/mol. The van der Waals surface area contributed by atoms with Crippen LogP contribution in [0.4, 0.5) is 0 Å². The van der Waals surface area contributed by atoms with Gasteiger partial charge in [0.15, 0.2) is 11.5 Å². The van der Waals surface area contributed by atoms with E-state index in [9.17, 15) is 4.79 Å². The minimum atomic E-state index is -0.347. The second kappa shape index (κ2) is 15.3. The van der Waals surface area contributed by atoms with E-state index in [2.05, 4.69) is 83.4 Å². The van der Waals surface area contributed by atoms with Gasteiger partial charge in [-0.25, -0.2) is 5.43 Å². The van der Waals surface area contributed by atoms with Crippen LogP contribution in [-0.2, 0) is 6.61 Å². The molecule has 0 atom stereocenters. The van der Waals surface area contributed by atoms with Gasteiger partial charge in [0.1, 0.15) is 6.61 Å². The Hall–Kier alpha value is -4.34. The summed E-state index contributed by atoms with van der Waals surface area (Å²) in [6, 6.07) is 39.2. The first-order valence-corrected chi connectivity index (χ1v) is 17.1. The second-order valence-electron chi connectivity index (χ2n) is 10.6. The van der Waals surface area contributed by atoms with Gasteiger partial charge >= 0.3 is 0 Å². The van der Waals surface area contributed by atoms with Gasteiger partial charge in [-0.1, -0.05) is 89.9 Å². The number of aromatic nitrogens is 1. The highest BCUT2D eigenvalue weighted by Gasteiger charge is 2.18. The molecule has 0 aliphatic rings. The average molecular weight is 804 g/mol. The largest absolute Gasteiger partial charge is 0.493 e. The van der Waals surface area contributed by atoms with E-state index in [1.54, 1.807) is 37.4 Å². The van der Waals surface area contributed by atoms with Gasteiger partial charge in [-0.3, -0.25) is 4.79 Å². The number of hydrogen-bond acceptors (Lipinski definition) is 4. The molecule has 5 aromatic carbocycles. The van der Waals surface area contributed by atoms with Gasteiger partial charge in [0.25, 0.3) is 5.91 Å². The molecule has 6 rings (SSSR count). The van der Waals surface area contributed by atoms with Crippen LogP contribution in [0.3, 0.4) is 0 Å². The Balaban J connectivity index is 1.19. The maximum absolute atomic E-state index is 13.1. The molecule has 0 saturated carbocycles. The molecule has 6 nitrogen and oxygen atoms in total. The first-order chi connectivity index (χ1) is 23.3. The zero-order valence-electron chi connectivity index (χ0n) is 25.5. The second-order valence-corrected chi connectivity index (χ2v) is 13.0. The van der Waals surface area contributed by atoms with E-state index < -0.39 is 0 Å². The molecule has 48 heavy (non-hydrogen) atoms. The molecule has 0 saturated heterocycles. The van der Waals surface area contributed by atoms with Crippen LogP contribution < -0.4 is 14.9 Å². The Morgan fingerprint density at radius 1 is 0.792 bits per heavy atom. The van der Waals surface area contributed by atoms with Crippen molar-refractivity contribution in [1.82, 2.24) is 9.99 Å². The van der Waals surface area contributed by atoms with Crippen LogP contribution in [0.5, 0.6) is 11.5 Å². The number of halogens is 4. The number of ether oxygens (including phenoxy) is 2. The first kappa shape index (κ1) is 33.6. The van der Waals surface area contributed by atoms with Gasteiger partial charge < -0.3 is 14.0 Å². The molecule has 0 bridgehead atoms. The monoisotopic (exact) mass is 801 g/mol. The number of nitrogens with one attached hydrogen (secondary N) is 1. The van der Waals surface area contributed by atoms with Crippen LogP contribution >= 0.6 is 55.1 Å². The van der Waals surface area contributed by atoms with E-state index in [-0.39, 0.29) is 12.5 Å². The standard InChI is InChI=1S/C38H27Br2Cl2N3O3/c1-47-34-21-28(35(39)36(40)37(34)48-23-24-12-17-30(41)31(42)20-24)22-43-44-38(46)27-13-15-29(16-14-27)45-32(25-8-4-2-5-9-25)18-19-33(45)26-10-6-3-7-11-26/h2-22H,23H2,1H3,(H,44,46)/b43-22-. The van der Waals surface area contributed by atoms with Crippen molar-refractivity contribution in [2.75, 3.05) is 7.11 Å². The average Bonchev–Trinajstić information content (AvgIpc) is 3.57. The fourth-order valence-corrected chi connectivity index (χ4v) is 6.40. The number of rotatable bonds is 10. The quantitative estimate of drug-likeness (QED) is 0.111. The summed E-state index contributed by atoms with van der Waals surface area (Å²) >= 11 is 19.4. The summed E-state index contributed by atoms with van der Waals surface area (Å²) in [7, 11) is 1.55. The van der Waals surface area contributed by atoms with E-state index in [0.717, 1.165) is 33.8 Å². The van der Waals surface area contributed by atoms with Gasteiger partial charge in [0.2, 0.25) is 0 Å². The Bertz CT molecular complexity index is 2050. The highest BCUT2D eigenvalue weighted by Crippen LogP contribution is 2.43. The Kier molecular flexibility index (Phi) is 10.7. The van der Waals surface area contributed by atoms with E-state index in [0.29, 0.717) is 41.6 Å². The van der Waals surface area contributed by atoms with Crippen molar-refractivity contribution in [3.05, 3.63) is 157 Å². The van der Waals surface area contributed by atoms with E-state index in [4.69, 9.17) is 32.7 Å². The molecule has 0 radical (unpaired) electrons. The summed E-state index contributed by atoms with van der Waals surface area (Å²) in [5.74, 6) is 0.620. The molecule has 0 fully saturated rings. The minimum absolute atomic E-state index is 0.242.